The number of guanidine groups is 1. The minimum Gasteiger partial charge on any atom is -0.379 e. The molecule has 26 heavy (non-hydrogen) atoms. The topological polar surface area (TPSA) is 48.9 Å². The number of nitrogens with one attached hydrogen (secondary N) is 2. The summed E-state index contributed by atoms with van der Waals surface area (Å²) < 4.78 is 5.42. The highest BCUT2D eigenvalue weighted by molar-refractivity contribution is 14.0. The molecule has 0 amide bonds. The average Bonchev–Trinajstić information content (AvgIpc) is 3.11. The molecule has 1 aliphatic heterocycles. The van der Waals surface area contributed by atoms with Gasteiger partial charge >= 0.3 is 0 Å². The van der Waals surface area contributed by atoms with Crippen LogP contribution in [0.25, 0.3) is 0 Å². The first-order valence-corrected chi connectivity index (χ1v) is 10.4. The molecule has 0 radical (unpaired) electrons. The summed E-state index contributed by atoms with van der Waals surface area (Å²) in [6.45, 7) is 14.3. The van der Waals surface area contributed by atoms with Crippen LogP contribution in [0.5, 0.6) is 0 Å². The Hall–Kier alpha value is -0.380. The summed E-state index contributed by atoms with van der Waals surface area (Å²) in [5.41, 5.74) is 0. The van der Waals surface area contributed by atoms with Crippen LogP contribution in [-0.2, 0) is 11.2 Å². The van der Waals surface area contributed by atoms with E-state index in [2.05, 4.69) is 53.8 Å². The van der Waals surface area contributed by atoms with Gasteiger partial charge in [-0.25, -0.2) is 0 Å². The van der Waals surface area contributed by atoms with Crippen LogP contribution < -0.4 is 10.6 Å². The van der Waals surface area contributed by atoms with Gasteiger partial charge in [-0.3, -0.25) is 9.89 Å². The molecule has 1 aliphatic rings. The average molecular weight is 494 g/mol. The van der Waals surface area contributed by atoms with E-state index in [1.54, 1.807) is 0 Å². The molecule has 0 spiro atoms. The summed E-state index contributed by atoms with van der Waals surface area (Å²) in [5.74, 6) is 2.08. The fourth-order valence-electron chi connectivity index (χ4n) is 2.99. The van der Waals surface area contributed by atoms with E-state index in [0.29, 0.717) is 11.8 Å². The number of hydrogen-bond acceptors (Lipinski definition) is 4. The monoisotopic (exact) mass is 494 g/mol. The maximum Gasteiger partial charge on any atom is 0.191 e. The Labute approximate surface area is 180 Å². The lowest BCUT2D eigenvalue weighted by molar-refractivity contribution is 0.0320. The fourth-order valence-corrected chi connectivity index (χ4v) is 3.86. The van der Waals surface area contributed by atoms with Gasteiger partial charge < -0.3 is 15.4 Å². The van der Waals surface area contributed by atoms with E-state index in [9.17, 15) is 0 Å². The van der Waals surface area contributed by atoms with E-state index >= 15 is 0 Å². The van der Waals surface area contributed by atoms with E-state index in [-0.39, 0.29) is 24.0 Å². The van der Waals surface area contributed by atoms with Crippen molar-refractivity contribution in [3.63, 3.8) is 0 Å². The van der Waals surface area contributed by atoms with E-state index in [4.69, 9.17) is 9.73 Å². The van der Waals surface area contributed by atoms with E-state index in [0.717, 1.165) is 64.9 Å². The molecule has 0 bridgehead atoms. The SMILES string of the molecule is CCNC(=NCC(C)Cc1cccs1)NCC(C)CN1CCOCC1.I. The number of hydrogen-bond donors (Lipinski definition) is 2. The van der Waals surface area contributed by atoms with Crippen LogP contribution in [0.3, 0.4) is 0 Å². The smallest absolute Gasteiger partial charge is 0.191 e. The molecule has 0 aromatic carbocycles. The van der Waals surface area contributed by atoms with Crippen LogP contribution in [-0.4, -0.2) is 63.3 Å². The van der Waals surface area contributed by atoms with E-state index in [1.165, 1.54) is 4.88 Å². The van der Waals surface area contributed by atoms with Crippen molar-refractivity contribution in [3.8, 4) is 0 Å². The lowest BCUT2D eigenvalue weighted by atomic mass is 10.1. The third-order valence-electron chi connectivity index (χ3n) is 4.33. The molecule has 2 unspecified atom stereocenters. The lowest BCUT2D eigenvalue weighted by Crippen LogP contribution is -2.44. The van der Waals surface area contributed by atoms with Gasteiger partial charge in [0.05, 0.1) is 13.2 Å². The molecule has 2 heterocycles. The Kier molecular flexibility index (Phi) is 12.5. The number of thiophene rings is 1. The molecule has 1 fully saturated rings. The molecular formula is C19H35IN4OS. The summed E-state index contributed by atoms with van der Waals surface area (Å²) >= 11 is 1.83. The van der Waals surface area contributed by atoms with Crippen LogP contribution >= 0.6 is 35.3 Å². The quantitative estimate of drug-likeness (QED) is 0.315. The normalized spacial score (nSPS) is 18.0. The Bertz CT molecular complexity index is 492. The van der Waals surface area contributed by atoms with Crippen molar-refractivity contribution in [1.29, 1.82) is 0 Å². The lowest BCUT2D eigenvalue weighted by Gasteiger charge is -2.29. The Morgan fingerprint density at radius 1 is 1.27 bits per heavy atom. The fraction of sp³-hybridized carbons (Fsp3) is 0.737. The van der Waals surface area contributed by atoms with Gasteiger partial charge in [-0.2, -0.15) is 0 Å². The Morgan fingerprint density at radius 3 is 2.69 bits per heavy atom. The second-order valence-corrected chi connectivity index (χ2v) is 8.04. The Balaban J connectivity index is 0.00000338. The summed E-state index contributed by atoms with van der Waals surface area (Å²) in [7, 11) is 0. The van der Waals surface area contributed by atoms with Crippen LogP contribution in [0.2, 0.25) is 0 Å². The highest BCUT2D eigenvalue weighted by Gasteiger charge is 2.14. The van der Waals surface area contributed by atoms with Gasteiger partial charge in [0.1, 0.15) is 0 Å². The number of ether oxygens (including phenoxy) is 1. The van der Waals surface area contributed by atoms with Crippen molar-refractivity contribution in [2.45, 2.75) is 27.2 Å². The third-order valence-corrected chi connectivity index (χ3v) is 5.23. The summed E-state index contributed by atoms with van der Waals surface area (Å²) in [4.78, 5) is 8.71. The van der Waals surface area contributed by atoms with E-state index in [1.807, 2.05) is 11.3 Å². The summed E-state index contributed by atoms with van der Waals surface area (Å²) in [5, 5.41) is 9.02. The third kappa shape index (κ3) is 9.53. The zero-order chi connectivity index (χ0) is 17.9. The van der Waals surface area contributed by atoms with Crippen LogP contribution in [0.15, 0.2) is 22.5 Å². The van der Waals surface area contributed by atoms with Crippen LogP contribution in [0.4, 0.5) is 0 Å². The molecule has 1 aromatic heterocycles. The minimum atomic E-state index is 0. The highest BCUT2D eigenvalue weighted by Crippen LogP contribution is 2.14. The number of morpholine rings is 1. The van der Waals surface area contributed by atoms with Crippen LogP contribution in [0, 0.1) is 11.8 Å². The molecular weight excluding hydrogens is 459 g/mol. The van der Waals surface area contributed by atoms with Gasteiger partial charge in [0.2, 0.25) is 0 Å². The van der Waals surface area contributed by atoms with Crippen molar-refractivity contribution in [3.05, 3.63) is 22.4 Å². The second kappa shape index (κ2) is 13.7. The standard InChI is InChI=1S/C19H34N4OS.HI/c1-4-20-19(21-13-16(2)12-18-6-5-11-25-18)22-14-17(3)15-23-7-9-24-10-8-23;/h5-6,11,16-17H,4,7-10,12-15H2,1-3H3,(H2,20,21,22);1H. The molecule has 2 rings (SSSR count). The van der Waals surface area contributed by atoms with Gasteiger partial charge in [-0.15, -0.1) is 35.3 Å². The first-order chi connectivity index (χ1) is 12.2. The van der Waals surface area contributed by atoms with Crippen LogP contribution in [0.1, 0.15) is 25.6 Å². The van der Waals surface area contributed by atoms with E-state index < -0.39 is 0 Å². The first-order valence-electron chi connectivity index (χ1n) is 9.52. The molecule has 7 heteroatoms. The van der Waals surface area contributed by atoms with Crippen molar-refractivity contribution in [1.82, 2.24) is 15.5 Å². The number of rotatable bonds is 9. The molecule has 5 nitrogen and oxygen atoms in total. The second-order valence-electron chi connectivity index (χ2n) is 7.01. The first kappa shape index (κ1) is 23.7. The highest BCUT2D eigenvalue weighted by atomic mass is 127. The zero-order valence-corrected chi connectivity index (χ0v) is 19.5. The number of nitrogens with zero attached hydrogens (tertiary/aromatic N) is 2. The molecule has 2 atom stereocenters. The molecule has 150 valence electrons. The van der Waals surface area contributed by atoms with Crippen molar-refractivity contribution < 1.29 is 4.74 Å². The molecule has 2 N–H and O–H groups in total. The molecule has 1 saturated heterocycles. The number of halogens is 1. The summed E-state index contributed by atoms with van der Waals surface area (Å²) in [6, 6.07) is 4.33. The predicted octanol–water partition coefficient (Wildman–Crippen LogP) is 3.07. The van der Waals surface area contributed by atoms with Crippen molar-refractivity contribution in [2.24, 2.45) is 16.8 Å². The molecule has 0 saturated carbocycles. The van der Waals surface area contributed by atoms with Gasteiger partial charge in [0, 0.05) is 44.1 Å². The van der Waals surface area contributed by atoms with Gasteiger partial charge in [0.15, 0.2) is 5.96 Å². The van der Waals surface area contributed by atoms with Gasteiger partial charge in [-0.1, -0.05) is 19.9 Å². The molecule has 0 aliphatic carbocycles. The number of aliphatic imine (C=N–C) groups is 1. The Morgan fingerprint density at radius 2 is 2.04 bits per heavy atom. The van der Waals surface area contributed by atoms with Crippen molar-refractivity contribution >= 4 is 41.3 Å². The van der Waals surface area contributed by atoms with Crippen molar-refractivity contribution in [2.75, 3.05) is 52.5 Å². The van der Waals surface area contributed by atoms with Gasteiger partial charge in [0.25, 0.3) is 0 Å². The largest absolute Gasteiger partial charge is 0.379 e. The maximum atomic E-state index is 5.42. The molecule has 1 aromatic rings. The predicted molar refractivity (Wildman–Crippen MR) is 123 cm³/mol. The zero-order valence-electron chi connectivity index (χ0n) is 16.4. The van der Waals surface area contributed by atoms with Gasteiger partial charge in [-0.05, 0) is 36.6 Å². The summed E-state index contributed by atoms with van der Waals surface area (Å²) in [6.07, 6.45) is 1.11. The maximum absolute atomic E-state index is 5.42. The minimum absolute atomic E-state index is 0.